The zero-order valence-electron chi connectivity index (χ0n) is 9.78. The minimum atomic E-state index is -0.487. The molecule has 0 spiro atoms. The lowest BCUT2D eigenvalue weighted by Gasteiger charge is -2.12. The van der Waals surface area contributed by atoms with Gasteiger partial charge in [-0.2, -0.15) is 5.26 Å². The SMILES string of the molecule is N#CCC1(COC(=O)c2cccc(Cl)c2N)CC1. The minimum absolute atomic E-state index is 0.127. The number of halogens is 1. The van der Waals surface area contributed by atoms with E-state index in [0.717, 1.165) is 12.8 Å². The number of carbonyl (C=O) groups is 1. The van der Waals surface area contributed by atoms with Crippen LogP contribution in [0.25, 0.3) is 0 Å². The van der Waals surface area contributed by atoms with Crippen molar-refractivity contribution in [2.45, 2.75) is 19.3 Å². The van der Waals surface area contributed by atoms with E-state index in [9.17, 15) is 4.79 Å². The van der Waals surface area contributed by atoms with Crippen LogP contribution < -0.4 is 5.73 Å². The van der Waals surface area contributed by atoms with Crippen molar-refractivity contribution in [3.63, 3.8) is 0 Å². The summed E-state index contributed by atoms with van der Waals surface area (Å²) in [4.78, 5) is 11.9. The number of rotatable bonds is 4. The quantitative estimate of drug-likeness (QED) is 0.670. The molecule has 1 saturated carbocycles. The van der Waals surface area contributed by atoms with Crippen molar-refractivity contribution in [2.75, 3.05) is 12.3 Å². The summed E-state index contributed by atoms with van der Waals surface area (Å²) in [6.07, 6.45) is 2.28. The highest BCUT2D eigenvalue weighted by Gasteiger charge is 2.43. The summed E-state index contributed by atoms with van der Waals surface area (Å²) >= 11 is 5.83. The second-order valence-corrected chi connectivity index (χ2v) is 5.02. The fraction of sp³-hybridized carbons (Fsp3) is 0.385. The molecule has 1 fully saturated rings. The average Bonchev–Trinajstić information content (AvgIpc) is 3.11. The molecular formula is C13H13ClN2O2. The van der Waals surface area contributed by atoms with Crippen molar-refractivity contribution >= 4 is 23.3 Å². The monoisotopic (exact) mass is 264 g/mol. The largest absolute Gasteiger partial charge is 0.461 e. The molecule has 0 aliphatic heterocycles. The van der Waals surface area contributed by atoms with Crippen LogP contribution in [0.4, 0.5) is 5.69 Å². The van der Waals surface area contributed by atoms with Crippen LogP contribution in [0.3, 0.4) is 0 Å². The van der Waals surface area contributed by atoms with E-state index in [-0.39, 0.29) is 23.3 Å². The summed E-state index contributed by atoms with van der Waals surface area (Å²) in [6, 6.07) is 6.96. The Morgan fingerprint density at radius 2 is 2.28 bits per heavy atom. The topological polar surface area (TPSA) is 76.1 Å². The van der Waals surface area contributed by atoms with Crippen LogP contribution in [0.2, 0.25) is 5.02 Å². The van der Waals surface area contributed by atoms with Gasteiger partial charge in [0.25, 0.3) is 0 Å². The fourth-order valence-corrected chi connectivity index (χ4v) is 1.90. The van der Waals surface area contributed by atoms with Gasteiger partial charge in [0.1, 0.15) is 0 Å². The number of nitrogen functional groups attached to an aromatic ring is 1. The predicted molar refractivity (Wildman–Crippen MR) is 68.0 cm³/mol. The number of anilines is 1. The van der Waals surface area contributed by atoms with Gasteiger partial charge in [0.15, 0.2) is 0 Å². The van der Waals surface area contributed by atoms with Gasteiger partial charge in [0.2, 0.25) is 0 Å². The molecule has 0 saturated heterocycles. The van der Waals surface area contributed by atoms with Gasteiger partial charge in [-0.05, 0) is 25.0 Å². The molecule has 1 aromatic rings. The highest BCUT2D eigenvalue weighted by Crippen LogP contribution is 2.48. The Bertz CT molecular complexity index is 518. The number of hydrogen-bond donors (Lipinski definition) is 1. The van der Waals surface area contributed by atoms with Crippen molar-refractivity contribution in [3.8, 4) is 6.07 Å². The van der Waals surface area contributed by atoms with E-state index in [1.54, 1.807) is 18.2 Å². The standard InChI is InChI=1S/C13H13ClN2O2/c14-10-3-1-2-9(11(10)16)12(17)18-8-13(4-5-13)6-7-15/h1-3H,4-6,8,16H2. The lowest BCUT2D eigenvalue weighted by atomic mass is 10.1. The predicted octanol–water partition coefficient (Wildman–Crippen LogP) is 2.77. The third kappa shape index (κ3) is 2.57. The first-order valence-corrected chi connectivity index (χ1v) is 6.04. The van der Waals surface area contributed by atoms with E-state index in [2.05, 4.69) is 6.07 Å². The highest BCUT2D eigenvalue weighted by atomic mass is 35.5. The maximum absolute atomic E-state index is 11.9. The van der Waals surface area contributed by atoms with Crippen LogP contribution in [0.5, 0.6) is 0 Å². The van der Waals surface area contributed by atoms with E-state index in [1.807, 2.05) is 0 Å². The van der Waals surface area contributed by atoms with Crippen LogP contribution in [-0.4, -0.2) is 12.6 Å². The maximum atomic E-state index is 11.9. The molecule has 1 aliphatic rings. The fourth-order valence-electron chi connectivity index (χ4n) is 1.73. The van der Waals surface area contributed by atoms with E-state index >= 15 is 0 Å². The molecule has 0 aromatic heterocycles. The number of nitrogens with zero attached hydrogens (tertiary/aromatic N) is 1. The first-order chi connectivity index (χ1) is 8.58. The minimum Gasteiger partial charge on any atom is -0.461 e. The molecule has 0 bridgehead atoms. The van der Waals surface area contributed by atoms with Gasteiger partial charge < -0.3 is 10.5 Å². The Morgan fingerprint density at radius 3 is 2.89 bits per heavy atom. The first-order valence-electron chi connectivity index (χ1n) is 5.66. The van der Waals surface area contributed by atoms with Gasteiger partial charge in [0, 0.05) is 11.8 Å². The Labute approximate surface area is 110 Å². The van der Waals surface area contributed by atoms with Gasteiger partial charge in [-0.25, -0.2) is 4.79 Å². The van der Waals surface area contributed by atoms with Gasteiger partial charge >= 0.3 is 5.97 Å². The summed E-state index contributed by atoms with van der Waals surface area (Å²) in [6.45, 7) is 0.269. The van der Waals surface area contributed by atoms with Crippen LogP contribution in [-0.2, 0) is 4.74 Å². The zero-order valence-corrected chi connectivity index (χ0v) is 10.5. The molecule has 0 heterocycles. The number of esters is 1. The summed E-state index contributed by atoms with van der Waals surface area (Å²) in [7, 11) is 0. The molecule has 18 heavy (non-hydrogen) atoms. The van der Waals surface area contributed by atoms with Crippen LogP contribution in [0.15, 0.2) is 18.2 Å². The number of carbonyl (C=O) groups excluding carboxylic acids is 1. The molecule has 2 rings (SSSR count). The number of nitrogens with two attached hydrogens (primary N) is 1. The highest BCUT2D eigenvalue weighted by molar-refractivity contribution is 6.33. The summed E-state index contributed by atoms with van der Waals surface area (Å²) in [5, 5.41) is 9.01. The van der Waals surface area contributed by atoms with Crippen molar-refractivity contribution in [1.82, 2.24) is 0 Å². The smallest absolute Gasteiger partial charge is 0.340 e. The molecule has 0 radical (unpaired) electrons. The van der Waals surface area contributed by atoms with Gasteiger partial charge in [-0.3, -0.25) is 0 Å². The van der Waals surface area contributed by atoms with Crippen LogP contribution in [0.1, 0.15) is 29.6 Å². The lowest BCUT2D eigenvalue weighted by Crippen LogP contribution is -2.16. The molecular weight excluding hydrogens is 252 g/mol. The Balaban J connectivity index is 2.01. The summed E-state index contributed by atoms with van der Waals surface area (Å²) in [5.74, 6) is -0.487. The van der Waals surface area contributed by atoms with Gasteiger partial charge in [0.05, 0.1) is 28.9 Å². The average molecular weight is 265 g/mol. The molecule has 2 N–H and O–H groups in total. The molecule has 5 heteroatoms. The third-order valence-corrected chi connectivity index (χ3v) is 3.52. The van der Waals surface area contributed by atoms with E-state index in [1.165, 1.54) is 0 Å². The van der Waals surface area contributed by atoms with Crippen LogP contribution >= 0.6 is 11.6 Å². The van der Waals surface area contributed by atoms with Crippen molar-refractivity contribution in [1.29, 1.82) is 5.26 Å². The van der Waals surface area contributed by atoms with Crippen LogP contribution in [0, 0.1) is 16.7 Å². The van der Waals surface area contributed by atoms with E-state index in [4.69, 9.17) is 27.3 Å². The normalized spacial score (nSPS) is 15.8. The summed E-state index contributed by atoms with van der Waals surface area (Å²) in [5.41, 5.74) is 6.09. The van der Waals surface area contributed by atoms with Gasteiger partial charge in [-0.15, -0.1) is 0 Å². The van der Waals surface area contributed by atoms with E-state index < -0.39 is 5.97 Å². The molecule has 1 aromatic carbocycles. The Morgan fingerprint density at radius 1 is 1.56 bits per heavy atom. The first kappa shape index (κ1) is 12.7. The second-order valence-electron chi connectivity index (χ2n) is 4.61. The van der Waals surface area contributed by atoms with Gasteiger partial charge in [-0.1, -0.05) is 17.7 Å². The molecule has 0 amide bonds. The number of nitriles is 1. The second kappa shape index (κ2) is 4.87. The summed E-state index contributed by atoms with van der Waals surface area (Å²) < 4.78 is 5.22. The Kier molecular flexibility index (Phi) is 3.44. The van der Waals surface area contributed by atoms with Crippen molar-refractivity contribution in [3.05, 3.63) is 28.8 Å². The lowest BCUT2D eigenvalue weighted by molar-refractivity contribution is 0.0420. The number of ether oxygens (including phenoxy) is 1. The number of hydrogen-bond acceptors (Lipinski definition) is 4. The molecule has 0 unspecified atom stereocenters. The molecule has 94 valence electrons. The number of benzene rings is 1. The molecule has 4 nitrogen and oxygen atoms in total. The molecule has 0 atom stereocenters. The third-order valence-electron chi connectivity index (χ3n) is 3.19. The van der Waals surface area contributed by atoms with E-state index in [0.29, 0.717) is 11.4 Å². The maximum Gasteiger partial charge on any atom is 0.340 e. The van der Waals surface area contributed by atoms with Crippen molar-refractivity contribution in [2.24, 2.45) is 5.41 Å². The Hall–Kier alpha value is -1.73. The van der Waals surface area contributed by atoms with Crippen molar-refractivity contribution < 1.29 is 9.53 Å². The molecule has 1 aliphatic carbocycles. The number of para-hydroxylation sites is 1. The zero-order chi connectivity index (χ0) is 13.2.